The molecule has 0 saturated carbocycles. The van der Waals surface area contributed by atoms with Crippen LogP contribution in [0.4, 0.5) is 21.8 Å². The molecule has 0 aliphatic carbocycles. The Balaban J connectivity index is 1.80. The fourth-order valence-corrected chi connectivity index (χ4v) is 2.44. The minimum absolute atomic E-state index is 0.297. The first-order valence-electron chi connectivity index (χ1n) is 7.73. The molecule has 0 bridgehead atoms. The van der Waals surface area contributed by atoms with Gasteiger partial charge in [0.25, 0.3) is 0 Å². The van der Waals surface area contributed by atoms with Crippen molar-refractivity contribution >= 4 is 17.5 Å². The Morgan fingerprint density at radius 1 is 1.00 bits per heavy atom. The molecule has 0 amide bonds. The maximum absolute atomic E-state index is 13.3. The summed E-state index contributed by atoms with van der Waals surface area (Å²) in [5.41, 5.74) is 2.67. The Bertz CT molecular complexity index is 821. The highest BCUT2D eigenvalue weighted by molar-refractivity contribution is 5.55. The Labute approximate surface area is 141 Å². The number of aromatic nitrogens is 2. The molecule has 2 aromatic carbocycles. The molecule has 1 heterocycles. The zero-order valence-corrected chi connectivity index (χ0v) is 13.7. The number of anilines is 3. The first kappa shape index (κ1) is 15.9. The van der Waals surface area contributed by atoms with Crippen molar-refractivity contribution in [3.05, 3.63) is 77.7 Å². The van der Waals surface area contributed by atoms with Crippen molar-refractivity contribution in [2.45, 2.75) is 13.5 Å². The number of benzene rings is 2. The van der Waals surface area contributed by atoms with Crippen molar-refractivity contribution in [1.29, 1.82) is 0 Å². The van der Waals surface area contributed by atoms with Gasteiger partial charge in [0.15, 0.2) is 0 Å². The van der Waals surface area contributed by atoms with Gasteiger partial charge in [0, 0.05) is 31.0 Å². The van der Waals surface area contributed by atoms with Gasteiger partial charge in [-0.15, -0.1) is 0 Å². The topological polar surface area (TPSA) is 41.1 Å². The van der Waals surface area contributed by atoms with Crippen molar-refractivity contribution in [1.82, 2.24) is 9.97 Å². The second kappa shape index (κ2) is 7.08. The minimum atomic E-state index is -0.297. The van der Waals surface area contributed by atoms with Gasteiger partial charge in [0.05, 0.1) is 0 Å². The van der Waals surface area contributed by atoms with Gasteiger partial charge in [-0.25, -0.2) is 9.37 Å². The molecule has 0 aliphatic heterocycles. The summed E-state index contributed by atoms with van der Waals surface area (Å²) in [4.78, 5) is 11.0. The number of aryl methyl sites for hydroxylation is 1. The summed E-state index contributed by atoms with van der Waals surface area (Å²) < 4.78 is 13.3. The van der Waals surface area contributed by atoms with Crippen LogP contribution in [0.5, 0.6) is 0 Å². The van der Waals surface area contributed by atoms with E-state index in [0.717, 1.165) is 18.1 Å². The van der Waals surface area contributed by atoms with Gasteiger partial charge < -0.3 is 10.2 Å². The van der Waals surface area contributed by atoms with E-state index in [0.29, 0.717) is 11.6 Å². The summed E-state index contributed by atoms with van der Waals surface area (Å²) >= 11 is 0. The van der Waals surface area contributed by atoms with Gasteiger partial charge in [0.2, 0.25) is 5.95 Å². The van der Waals surface area contributed by atoms with Crippen molar-refractivity contribution in [3.63, 3.8) is 0 Å². The molecule has 0 fully saturated rings. The van der Waals surface area contributed by atoms with Crippen molar-refractivity contribution in [2.75, 3.05) is 17.3 Å². The van der Waals surface area contributed by atoms with Crippen molar-refractivity contribution in [3.8, 4) is 0 Å². The van der Waals surface area contributed by atoms with Crippen molar-refractivity contribution < 1.29 is 4.39 Å². The maximum atomic E-state index is 13.3. The maximum Gasteiger partial charge on any atom is 0.229 e. The smallest absolute Gasteiger partial charge is 0.229 e. The van der Waals surface area contributed by atoms with E-state index in [9.17, 15) is 4.39 Å². The number of nitrogens with zero attached hydrogens (tertiary/aromatic N) is 3. The van der Waals surface area contributed by atoms with Crippen LogP contribution in [0.25, 0.3) is 0 Å². The van der Waals surface area contributed by atoms with Gasteiger partial charge in [-0.2, -0.15) is 4.98 Å². The first-order chi connectivity index (χ1) is 11.6. The Morgan fingerprint density at radius 3 is 2.54 bits per heavy atom. The number of halogens is 1. The Hall–Kier alpha value is -2.95. The van der Waals surface area contributed by atoms with Gasteiger partial charge in [-0.05, 0) is 30.7 Å². The fraction of sp³-hybridized carbons (Fsp3) is 0.158. The molecule has 1 aromatic heterocycles. The molecule has 0 radical (unpaired) electrons. The van der Waals surface area contributed by atoms with Crippen LogP contribution >= 0.6 is 0 Å². The van der Waals surface area contributed by atoms with Crippen molar-refractivity contribution in [2.24, 2.45) is 0 Å². The quantitative estimate of drug-likeness (QED) is 0.760. The summed E-state index contributed by atoms with van der Waals surface area (Å²) in [6.45, 7) is 2.66. The van der Waals surface area contributed by atoms with Crippen LogP contribution in [0.15, 0.2) is 60.7 Å². The number of hydrogen-bond acceptors (Lipinski definition) is 4. The van der Waals surface area contributed by atoms with E-state index in [-0.39, 0.29) is 5.82 Å². The average Bonchev–Trinajstić information content (AvgIpc) is 2.55. The zero-order chi connectivity index (χ0) is 16.9. The highest BCUT2D eigenvalue weighted by atomic mass is 19.1. The van der Waals surface area contributed by atoms with Crippen LogP contribution in [0.3, 0.4) is 0 Å². The summed E-state index contributed by atoms with van der Waals surface area (Å²) in [5.74, 6) is 0.967. The van der Waals surface area contributed by atoms with E-state index >= 15 is 0 Å². The standard InChI is InChI=1S/C19H19FN4/c1-14-11-18(24(2)13-15-7-4-3-5-8-15)23-19(21-14)22-17-10-6-9-16(20)12-17/h3-12H,13H2,1-2H3,(H,21,22,23). The molecular formula is C19H19FN4. The molecule has 0 atom stereocenters. The molecular weight excluding hydrogens is 303 g/mol. The van der Waals surface area contributed by atoms with Gasteiger partial charge in [-0.1, -0.05) is 36.4 Å². The molecule has 3 aromatic rings. The molecule has 0 spiro atoms. The lowest BCUT2D eigenvalue weighted by molar-refractivity contribution is 0.628. The van der Waals surface area contributed by atoms with Crippen LogP contribution in [0.2, 0.25) is 0 Å². The van der Waals surface area contributed by atoms with Gasteiger partial charge >= 0.3 is 0 Å². The second-order valence-electron chi connectivity index (χ2n) is 5.67. The lowest BCUT2D eigenvalue weighted by atomic mass is 10.2. The molecule has 122 valence electrons. The molecule has 4 nitrogen and oxygen atoms in total. The third kappa shape index (κ3) is 4.07. The largest absolute Gasteiger partial charge is 0.355 e. The summed E-state index contributed by atoms with van der Waals surface area (Å²) in [7, 11) is 1.99. The van der Waals surface area contributed by atoms with E-state index in [4.69, 9.17) is 0 Å². The third-order valence-corrected chi connectivity index (χ3v) is 3.58. The Morgan fingerprint density at radius 2 is 1.79 bits per heavy atom. The predicted molar refractivity (Wildman–Crippen MR) is 95.0 cm³/mol. The lowest BCUT2D eigenvalue weighted by Gasteiger charge is -2.19. The number of rotatable bonds is 5. The van der Waals surface area contributed by atoms with E-state index in [1.165, 1.54) is 17.7 Å². The first-order valence-corrected chi connectivity index (χ1v) is 7.73. The average molecular weight is 322 g/mol. The lowest BCUT2D eigenvalue weighted by Crippen LogP contribution is -2.18. The van der Waals surface area contributed by atoms with Gasteiger partial charge in [0.1, 0.15) is 11.6 Å². The Kier molecular flexibility index (Phi) is 4.70. The van der Waals surface area contributed by atoms with Crippen LogP contribution in [0.1, 0.15) is 11.3 Å². The summed E-state index contributed by atoms with van der Waals surface area (Å²) in [6, 6.07) is 18.4. The highest BCUT2D eigenvalue weighted by Gasteiger charge is 2.08. The van der Waals surface area contributed by atoms with Gasteiger partial charge in [-0.3, -0.25) is 0 Å². The normalized spacial score (nSPS) is 10.5. The van der Waals surface area contributed by atoms with Crippen LogP contribution < -0.4 is 10.2 Å². The number of hydrogen-bond donors (Lipinski definition) is 1. The molecule has 1 N–H and O–H groups in total. The van der Waals surface area contributed by atoms with Crippen LogP contribution in [-0.4, -0.2) is 17.0 Å². The van der Waals surface area contributed by atoms with E-state index in [1.807, 2.05) is 38.2 Å². The molecule has 0 unspecified atom stereocenters. The van der Waals surface area contributed by atoms with E-state index in [2.05, 4.69) is 32.3 Å². The number of nitrogens with one attached hydrogen (secondary N) is 1. The van der Waals surface area contributed by atoms with E-state index < -0.39 is 0 Å². The molecule has 3 rings (SSSR count). The monoisotopic (exact) mass is 322 g/mol. The highest BCUT2D eigenvalue weighted by Crippen LogP contribution is 2.19. The van der Waals surface area contributed by atoms with Crippen LogP contribution in [0, 0.1) is 12.7 Å². The fourth-order valence-electron chi connectivity index (χ4n) is 2.44. The molecule has 0 aliphatic rings. The van der Waals surface area contributed by atoms with E-state index in [1.54, 1.807) is 12.1 Å². The minimum Gasteiger partial charge on any atom is -0.355 e. The zero-order valence-electron chi connectivity index (χ0n) is 13.7. The second-order valence-corrected chi connectivity index (χ2v) is 5.67. The molecule has 5 heteroatoms. The summed E-state index contributed by atoms with van der Waals surface area (Å²) in [5, 5.41) is 3.06. The third-order valence-electron chi connectivity index (χ3n) is 3.58. The summed E-state index contributed by atoms with van der Waals surface area (Å²) in [6.07, 6.45) is 0. The SMILES string of the molecule is Cc1cc(N(C)Cc2ccccc2)nc(Nc2cccc(F)c2)n1. The molecule has 0 saturated heterocycles. The predicted octanol–water partition coefficient (Wildman–Crippen LogP) is 4.30. The van der Waals surface area contributed by atoms with Crippen LogP contribution in [-0.2, 0) is 6.54 Å². The molecule has 24 heavy (non-hydrogen) atoms.